The van der Waals surface area contributed by atoms with Gasteiger partial charge in [0.25, 0.3) is 0 Å². The molecule has 1 aromatic rings. The Morgan fingerprint density at radius 1 is 1.37 bits per heavy atom. The van der Waals surface area contributed by atoms with Crippen LogP contribution in [0.5, 0.6) is 0 Å². The fourth-order valence-corrected chi connectivity index (χ4v) is 2.55. The van der Waals surface area contributed by atoms with Gasteiger partial charge in [-0.1, -0.05) is 39.8 Å². The van der Waals surface area contributed by atoms with Gasteiger partial charge < -0.3 is 9.84 Å². The van der Waals surface area contributed by atoms with Gasteiger partial charge in [-0.2, -0.15) is 0 Å². The van der Waals surface area contributed by atoms with Crippen LogP contribution in [0.15, 0.2) is 18.2 Å². The summed E-state index contributed by atoms with van der Waals surface area (Å²) in [4.78, 5) is 11.3. The summed E-state index contributed by atoms with van der Waals surface area (Å²) in [5.41, 5.74) is 2.55. The van der Waals surface area contributed by atoms with E-state index in [1.807, 2.05) is 32.9 Å². The Morgan fingerprint density at radius 3 is 2.42 bits per heavy atom. The Labute approximate surface area is 114 Å². The molecule has 1 fully saturated rings. The van der Waals surface area contributed by atoms with Gasteiger partial charge in [-0.3, -0.25) is 0 Å². The summed E-state index contributed by atoms with van der Waals surface area (Å²) in [6, 6.07) is 5.72. The minimum absolute atomic E-state index is 0.166. The van der Waals surface area contributed by atoms with E-state index in [4.69, 9.17) is 4.74 Å². The van der Waals surface area contributed by atoms with Gasteiger partial charge in [-0.25, -0.2) is 4.79 Å². The maximum absolute atomic E-state index is 11.3. The molecule has 0 unspecified atom stereocenters. The molecule has 19 heavy (non-hydrogen) atoms. The van der Waals surface area contributed by atoms with E-state index in [-0.39, 0.29) is 10.8 Å². The van der Waals surface area contributed by atoms with Gasteiger partial charge in [0.05, 0.1) is 18.8 Å². The highest BCUT2D eigenvalue weighted by Gasteiger charge is 2.34. The van der Waals surface area contributed by atoms with Crippen LogP contribution in [0.25, 0.3) is 0 Å². The van der Waals surface area contributed by atoms with Crippen LogP contribution >= 0.6 is 0 Å². The highest BCUT2D eigenvalue weighted by molar-refractivity contribution is 5.90. The molecule has 0 aliphatic carbocycles. The standard InChI is InChI=1S/C16H22O3/c1-15(2,3)13-7-11(5-6-12(13)14(17)18)8-16(4)9-19-10-16/h5-7H,8-10H2,1-4H3,(H,17,18). The van der Waals surface area contributed by atoms with Gasteiger partial charge in [0.15, 0.2) is 0 Å². The average molecular weight is 262 g/mol. The lowest BCUT2D eigenvalue weighted by molar-refractivity contribution is -0.100. The maximum Gasteiger partial charge on any atom is 0.335 e. The minimum atomic E-state index is -0.852. The molecule has 1 saturated heterocycles. The van der Waals surface area contributed by atoms with E-state index < -0.39 is 5.97 Å². The van der Waals surface area contributed by atoms with Gasteiger partial charge in [0, 0.05) is 5.41 Å². The second-order valence-electron chi connectivity index (χ2n) is 6.92. The molecule has 1 aromatic carbocycles. The lowest BCUT2D eigenvalue weighted by Crippen LogP contribution is -2.41. The molecule has 3 heteroatoms. The molecule has 0 bridgehead atoms. The van der Waals surface area contributed by atoms with Gasteiger partial charge in [-0.15, -0.1) is 0 Å². The van der Waals surface area contributed by atoms with Crippen LogP contribution in [-0.4, -0.2) is 24.3 Å². The van der Waals surface area contributed by atoms with Crippen LogP contribution in [0, 0.1) is 5.41 Å². The quantitative estimate of drug-likeness (QED) is 0.909. The van der Waals surface area contributed by atoms with Crippen molar-refractivity contribution in [3.63, 3.8) is 0 Å². The first-order valence-electron chi connectivity index (χ1n) is 6.66. The number of carbonyl (C=O) groups is 1. The highest BCUT2D eigenvalue weighted by atomic mass is 16.5. The zero-order chi connectivity index (χ0) is 14.3. The summed E-state index contributed by atoms with van der Waals surface area (Å²) >= 11 is 0. The predicted molar refractivity (Wildman–Crippen MR) is 74.7 cm³/mol. The van der Waals surface area contributed by atoms with Crippen LogP contribution in [0.3, 0.4) is 0 Å². The molecule has 1 aliphatic heterocycles. The molecular formula is C16H22O3. The molecule has 2 rings (SSSR count). The lowest BCUT2D eigenvalue weighted by Gasteiger charge is -2.38. The zero-order valence-electron chi connectivity index (χ0n) is 12.1. The second kappa shape index (κ2) is 4.64. The van der Waals surface area contributed by atoms with E-state index in [0.717, 1.165) is 25.2 Å². The summed E-state index contributed by atoms with van der Waals surface area (Å²) in [7, 11) is 0. The van der Waals surface area contributed by atoms with Crippen molar-refractivity contribution in [3.8, 4) is 0 Å². The number of ether oxygens (including phenoxy) is 1. The molecule has 0 amide bonds. The van der Waals surface area contributed by atoms with Crippen molar-refractivity contribution in [1.29, 1.82) is 0 Å². The number of aromatic carboxylic acids is 1. The third-order valence-corrected chi connectivity index (χ3v) is 3.65. The molecule has 0 radical (unpaired) electrons. The van der Waals surface area contributed by atoms with Crippen molar-refractivity contribution in [2.75, 3.05) is 13.2 Å². The van der Waals surface area contributed by atoms with Crippen LogP contribution in [0.1, 0.15) is 49.2 Å². The molecular weight excluding hydrogens is 240 g/mol. The summed E-state index contributed by atoms with van der Waals surface area (Å²) < 4.78 is 5.28. The van der Waals surface area contributed by atoms with Crippen LogP contribution in [0.2, 0.25) is 0 Å². The molecule has 1 N–H and O–H groups in total. The molecule has 0 spiro atoms. The van der Waals surface area contributed by atoms with Crippen LogP contribution in [-0.2, 0) is 16.6 Å². The summed E-state index contributed by atoms with van der Waals surface area (Å²) in [6.45, 7) is 9.93. The van der Waals surface area contributed by atoms with Crippen molar-refractivity contribution in [2.45, 2.75) is 39.5 Å². The van der Waals surface area contributed by atoms with E-state index in [1.54, 1.807) is 6.07 Å². The van der Waals surface area contributed by atoms with Crippen molar-refractivity contribution in [1.82, 2.24) is 0 Å². The number of carboxylic acid groups (broad SMARTS) is 1. The smallest absolute Gasteiger partial charge is 0.335 e. The number of rotatable bonds is 3. The SMILES string of the molecule is CC1(Cc2ccc(C(=O)O)c(C(C)(C)C)c2)COC1. The average Bonchev–Trinajstić information content (AvgIpc) is 2.25. The van der Waals surface area contributed by atoms with E-state index in [1.165, 1.54) is 5.56 Å². The van der Waals surface area contributed by atoms with Crippen molar-refractivity contribution >= 4 is 5.97 Å². The molecule has 0 aromatic heterocycles. The molecule has 0 atom stereocenters. The Bertz CT molecular complexity index is 493. The zero-order valence-corrected chi connectivity index (χ0v) is 12.1. The maximum atomic E-state index is 11.3. The first-order chi connectivity index (χ1) is 8.71. The van der Waals surface area contributed by atoms with E-state index in [0.29, 0.717) is 5.56 Å². The van der Waals surface area contributed by atoms with Gasteiger partial charge in [0.1, 0.15) is 0 Å². The predicted octanol–water partition coefficient (Wildman–Crippen LogP) is 3.26. The minimum Gasteiger partial charge on any atom is -0.478 e. The highest BCUT2D eigenvalue weighted by Crippen LogP contribution is 2.33. The van der Waals surface area contributed by atoms with Crippen molar-refractivity contribution < 1.29 is 14.6 Å². The Hall–Kier alpha value is -1.35. The van der Waals surface area contributed by atoms with Gasteiger partial charge >= 0.3 is 5.97 Å². The Kier molecular flexibility index (Phi) is 3.43. The summed E-state index contributed by atoms with van der Waals surface area (Å²) in [6.07, 6.45) is 0.940. The monoisotopic (exact) mass is 262 g/mol. The van der Waals surface area contributed by atoms with Crippen LogP contribution < -0.4 is 0 Å². The third kappa shape index (κ3) is 2.98. The first-order valence-corrected chi connectivity index (χ1v) is 6.66. The van der Waals surface area contributed by atoms with Crippen molar-refractivity contribution in [3.05, 3.63) is 34.9 Å². The Balaban J connectivity index is 2.35. The third-order valence-electron chi connectivity index (χ3n) is 3.65. The summed E-state index contributed by atoms with van der Waals surface area (Å²) in [5.74, 6) is -0.852. The topological polar surface area (TPSA) is 46.5 Å². The number of carboxylic acids is 1. The Morgan fingerprint density at radius 2 is 2.00 bits per heavy atom. The van der Waals surface area contributed by atoms with Crippen molar-refractivity contribution in [2.24, 2.45) is 5.41 Å². The molecule has 1 heterocycles. The fourth-order valence-electron chi connectivity index (χ4n) is 2.55. The first kappa shape index (κ1) is 14.1. The van der Waals surface area contributed by atoms with E-state index in [2.05, 4.69) is 6.92 Å². The van der Waals surface area contributed by atoms with Gasteiger partial charge in [-0.05, 0) is 29.0 Å². The molecule has 104 valence electrons. The fraction of sp³-hybridized carbons (Fsp3) is 0.562. The number of hydrogen-bond donors (Lipinski definition) is 1. The normalized spacial score (nSPS) is 17.9. The summed E-state index contributed by atoms with van der Waals surface area (Å²) in [5, 5.41) is 9.29. The number of benzene rings is 1. The van der Waals surface area contributed by atoms with E-state index >= 15 is 0 Å². The lowest BCUT2D eigenvalue weighted by atomic mass is 9.78. The molecule has 0 saturated carbocycles. The largest absolute Gasteiger partial charge is 0.478 e. The van der Waals surface area contributed by atoms with Crippen LogP contribution in [0.4, 0.5) is 0 Å². The number of hydrogen-bond acceptors (Lipinski definition) is 2. The van der Waals surface area contributed by atoms with E-state index in [9.17, 15) is 9.90 Å². The second-order valence-corrected chi connectivity index (χ2v) is 6.92. The molecule has 3 nitrogen and oxygen atoms in total. The van der Waals surface area contributed by atoms with Gasteiger partial charge in [0.2, 0.25) is 0 Å². The molecule has 1 aliphatic rings.